The second-order valence-electron chi connectivity index (χ2n) is 13.3. The summed E-state index contributed by atoms with van der Waals surface area (Å²) in [6.45, 7) is 0. The SMILES string of the molecule is c1ccc(-c2ccc(N(c3ccc(-c4c5ccccc5cc5c4oc4ccccc45)cc3)c3ccc(-c4ccccc4)c4ccccc34)cc2)cc1. The summed E-state index contributed by atoms with van der Waals surface area (Å²) in [7, 11) is 0. The molecular weight excluding hydrogens is 631 g/mol. The van der Waals surface area contributed by atoms with Gasteiger partial charge in [-0.15, -0.1) is 0 Å². The lowest BCUT2D eigenvalue weighted by atomic mass is 9.94. The van der Waals surface area contributed by atoms with Crippen LogP contribution >= 0.6 is 0 Å². The minimum atomic E-state index is 0.904. The van der Waals surface area contributed by atoms with Gasteiger partial charge in [0.1, 0.15) is 11.2 Å². The normalized spacial score (nSPS) is 11.5. The second kappa shape index (κ2) is 12.5. The molecule has 0 fully saturated rings. The average Bonchev–Trinajstić information content (AvgIpc) is 3.59. The number of benzene rings is 9. The zero-order chi connectivity index (χ0) is 34.4. The summed E-state index contributed by atoms with van der Waals surface area (Å²) in [6.07, 6.45) is 0. The first-order chi connectivity index (χ1) is 25.8. The van der Waals surface area contributed by atoms with Crippen molar-refractivity contribution in [1.82, 2.24) is 0 Å². The van der Waals surface area contributed by atoms with Gasteiger partial charge in [-0.3, -0.25) is 0 Å². The van der Waals surface area contributed by atoms with Crippen LogP contribution in [0, 0.1) is 0 Å². The third kappa shape index (κ3) is 5.04. The molecule has 2 nitrogen and oxygen atoms in total. The van der Waals surface area contributed by atoms with E-state index in [0.717, 1.165) is 50.1 Å². The van der Waals surface area contributed by atoms with Crippen molar-refractivity contribution < 1.29 is 4.42 Å². The molecule has 0 saturated heterocycles. The highest BCUT2D eigenvalue weighted by atomic mass is 16.3. The molecule has 0 saturated carbocycles. The maximum absolute atomic E-state index is 6.60. The maximum Gasteiger partial charge on any atom is 0.143 e. The Bertz CT molecular complexity index is 2870. The summed E-state index contributed by atoms with van der Waals surface area (Å²) in [5.41, 5.74) is 12.2. The minimum Gasteiger partial charge on any atom is -0.455 e. The molecule has 0 aliphatic carbocycles. The fraction of sp³-hybridized carbons (Fsp3) is 0. The van der Waals surface area contributed by atoms with Crippen LogP contribution in [0.2, 0.25) is 0 Å². The maximum atomic E-state index is 6.60. The van der Waals surface area contributed by atoms with Crippen molar-refractivity contribution in [1.29, 1.82) is 0 Å². The van der Waals surface area contributed by atoms with Gasteiger partial charge in [0.15, 0.2) is 0 Å². The smallest absolute Gasteiger partial charge is 0.143 e. The lowest BCUT2D eigenvalue weighted by Crippen LogP contribution is -2.10. The summed E-state index contributed by atoms with van der Waals surface area (Å²) in [5.74, 6) is 0. The van der Waals surface area contributed by atoms with Gasteiger partial charge in [0, 0.05) is 33.1 Å². The van der Waals surface area contributed by atoms with Crippen LogP contribution in [0.4, 0.5) is 17.1 Å². The first kappa shape index (κ1) is 30.0. The highest BCUT2D eigenvalue weighted by Gasteiger charge is 2.20. The van der Waals surface area contributed by atoms with Crippen molar-refractivity contribution >= 4 is 60.5 Å². The summed E-state index contributed by atoms with van der Waals surface area (Å²) >= 11 is 0. The Balaban J connectivity index is 1.16. The standard InChI is InChI=1S/C50H33NO/c1-3-13-34(14-4-1)35-23-27-39(28-24-35)51(47-32-31-41(36-15-5-2-6-16-36)43-19-9-10-20-44(43)47)40-29-25-37(26-30-40)49-42-18-8-7-17-38(42)33-46-45-21-11-12-22-48(45)52-50(46)49/h1-33H. The van der Waals surface area contributed by atoms with E-state index in [1.54, 1.807) is 0 Å². The summed E-state index contributed by atoms with van der Waals surface area (Å²) in [4.78, 5) is 2.38. The lowest BCUT2D eigenvalue weighted by molar-refractivity contribution is 0.670. The van der Waals surface area contributed by atoms with Crippen LogP contribution in [-0.4, -0.2) is 0 Å². The highest BCUT2D eigenvalue weighted by Crippen LogP contribution is 2.45. The van der Waals surface area contributed by atoms with Gasteiger partial charge in [-0.1, -0.05) is 158 Å². The molecule has 10 aromatic rings. The van der Waals surface area contributed by atoms with Crippen molar-refractivity contribution in [3.63, 3.8) is 0 Å². The molecule has 0 radical (unpaired) electrons. The third-order valence-corrected chi connectivity index (χ3v) is 10.3. The molecule has 2 heteroatoms. The number of furan rings is 1. The van der Waals surface area contributed by atoms with E-state index in [4.69, 9.17) is 4.42 Å². The second-order valence-corrected chi connectivity index (χ2v) is 13.3. The Kier molecular flexibility index (Phi) is 7.18. The Morgan fingerprint density at radius 2 is 0.885 bits per heavy atom. The van der Waals surface area contributed by atoms with Crippen molar-refractivity contribution in [2.45, 2.75) is 0 Å². The largest absolute Gasteiger partial charge is 0.455 e. The van der Waals surface area contributed by atoms with E-state index in [-0.39, 0.29) is 0 Å². The Morgan fingerprint density at radius 1 is 0.346 bits per heavy atom. The molecular formula is C50H33NO. The van der Waals surface area contributed by atoms with E-state index in [1.165, 1.54) is 43.8 Å². The van der Waals surface area contributed by atoms with E-state index in [9.17, 15) is 0 Å². The molecule has 52 heavy (non-hydrogen) atoms. The van der Waals surface area contributed by atoms with Crippen molar-refractivity contribution in [2.75, 3.05) is 4.90 Å². The highest BCUT2D eigenvalue weighted by molar-refractivity contribution is 6.18. The predicted molar refractivity (Wildman–Crippen MR) is 220 cm³/mol. The van der Waals surface area contributed by atoms with Crippen molar-refractivity contribution in [3.05, 3.63) is 200 Å². The van der Waals surface area contributed by atoms with Crippen LogP contribution < -0.4 is 4.90 Å². The van der Waals surface area contributed by atoms with Crippen LogP contribution in [0.1, 0.15) is 0 Å². The number of rotatable bonds is 6. The predicted octanol–water partition coefficient (Wildman–Crippen LogP) is 14.4. The quantitative estimate of drug-likeness (QED) is 0.176. The minimum absolute atomic E-state index is 0.904. The summed E-state index contributed by atoms with van der Waals surface area (Å²) < 4.78 is 6.60. The molecule has 0 aliphatic rings. The van der Waals surface area contributed by atoms with Crippen LogP contribution in [0.15, 0.2) is 205 Å². The molecule has 244 valence electrons. The Morgan fingerprint density at radius 3 is 1.60 bits per heavy atom. The van der Waals surface area contributed by atoms with E-state index in [0.29, 0.717) is 0 Å². The van der Waals surface area contributed by atoms with Crippen molar-refractivity contribution in [3.8, 4) is 33.4 Å². The van der Waals surface area contributed by atoms with E-state index < -0.39 is 0 Å². The molecule has 9 aromatic carbocycles. The molecule has 10 rings (SSSR count). The first-order valence-corrected chi connectivity index (χ1v) is 17.8. The van der Waals surface area contributed by atoms with Gasteiger partial charge in [0.05, 0.1) is 5.69 Å². The Hall–Kier alpha value is -6.90. The van der Waals surface area contributed by atoms with Gasteiger partial charge in [-0.25, -0.2) is 0 Å². The van der Waals surface area contributed by atoms with E-state index in [1.807, 2.05) is 6.07 Å². The van der Waals surface area contributed by atoms with Gasteiger partial charge >= 0.3 is 0 Å². The number of nitrogens with zero attached hydrogens (tertiary/aromatic N) is 1. The van der Waals surface area contributed by atoms with Crippen molar-refractivity contribution in [2.24, 2.45) is 0 Å². The molecule has 0 atom stereocenters. The number of para-hydroxylation sites is 1. The fourth-order valence-corrected chi connectivity index (χ4v) is 7.79. The Labute approximate surface area is 302 Å². The van der Waals surface area contributed by atoms with E-state index >= 15 is 0 Å². The molecule has 0 spiro atoms. The van der Waals surface area contributed by atoms with Crippen LogP contribution in [0.25, 0.3) is 76.9 Å². The molecule has 1 heterocycles. The number of fused-ring (bicyclic) bond motifs is 5. The van der Waals surface area contributed by atoms with Gasteiger partial charge in [-0.2, -0.15) is 0 Å². The van der Waals surface area contributed by atoms with Crippen LogP contribution in [0.3, 0.4) is 0 Å². The van der Waals surface area contributed by atoms with Gasteiger partial charge in [0.2, 0.25) is 0 Å². The van der Waals surface area contributed by atoms with Crippen LogP contribution in [0.5, 0.6) is 0 Å². The molecule has 0 N–H and O–H groups in total. The summed E-state index contributed by atoms with van der Waals surface area (Å²) in [6, 6.07) is 71.6. The molecule has 0 unspecified atom stereocenters. The molecule has 0 amide bonds. The molecule has 0 bridgehead atoms. The molecule has 1 aromatic heterocycles. The topological polar surface area (TPSA) is 16.4 Å². The zero-order valence-electron chi connectivity index (χ0n) is 28.4. The third-order valence-electron chi connectivity index (χ3n) is 10.3. The van der Waals surface area contributed by atoms with E-state index in [2.05, 4.69) is 199 Å². The fourth-order valence-electron chi connectivity index (χ4n) is 7.79. The molecule has 0 aliphatic heterocycles. The number of anilines is 3. The first-order valence-electron chi connectivity index (χ1n) is 17.8. The van der Waals surface area contributed by atoms with Gasteiger partial charge in [-0.05, 0) is 86.4 Å². The van der Waals surface area contributed by atoms with Crippen LogP contribution in [-0.2, 0) is 0 Å². The van der Waals surface area contributed by atoms with Gasteiger partial charge < -0.3 is 9.32 Å². The van der Waals surface area contributed by atoms with Gasteiger partial charge in [0.25, 0.3) is 0 Å². The monoisotopic (exact) mass is 663 g/mol. The summed E-state index contributed by atoms with van der Waals surface area (Å²) in [5, 5.41) is 7.06. The zero-order valence-corrected chi connectivity index (χ0v) is 28.4. The average molecular weight is 664 g/mol. The number of hydrogen-bond acceptors (Lipinski definition) is 2. The number of hydrogen-bond donors (Lipinski definition) is 0. The lowest BCUT2D eigenvalue weighted by Gasteiger charge is -2.28.